The standard InChI is InChI=1S/C10H9N3O2S/c1-15-9(14)8-7(12-10(16)13-8)6-4-2-3-5-11-6/h2-5H,1H3,(H2,12,13,16). The lowest BCUT2D eigenvalue weighted by atomic mass is 10.2. The molecule has 2 aromatic heterocycles. The van der Waals surface area contributed by atoms with Crippen LogP contribution in [-0.2, 0) is 4.74 Å². The van der Waals surface area contributed by atoms with Crippen LogP contribution in [0.2, 0.25) is 0 Å². The zero-order valence-electron chi connectivity index (χ0n) is 8.48. The first-order valence-corrected chi connectivity index (χ1v) is 4.95. The van der Waals surface area contributed by atoms with E-state index < -0.39 is 5.97 Å². The maximum Gasteiger partial charge on any atom is 0.356 e. The molecule has 0 saturated carbocycles. The Morgan fingerprint density at radius 2 is 2.25 bits per heavy atom. The lowest BCUT2D eigenvalue weighted by Gasteiger charge is -2.00. The van der Waals surface area contributed by atoms with Crippen LogP contribution in [0.3, 0.4) is 0 Å². The highest BCUT2D eigenvalue weighted by Gasteiger charge is 2.16. The summed E-state index contributed by atoms with van der Waals surface area (Å²) in [5, 5.41) is 0. The molecule has 0 aliphatic heterocycles. The average Bonchev–Trinajstić information content (AvgIpc) is 2.71. The van der Waals surface area contributed by atoms with Crippen LogP contribution in [0.5, 0.6) is 0 Å². The molecule has 0 spiro atoms. The van der Waals surface area contributed by atoms with Crippen molar-refractivity contribution in [1.82, 2.24) is 15.0 Å². The summed E-state index contributed by atoms with van der Waals surface area (Å²) in [7, 11) is 1.31. The Labute approximate surface area is 96.5 Å². The minimum absolute atomic E-state index is 0.284. The van der Waals surface area contributed by atoms with E-state index in [0.717, 1.165) is 0 Å². The van der Waals surface area contributed by atoms with Crippen LogP contribution in [0, 0.1) is 4.77 Å². The lowest BCUT2D eigenvalue weighted by Crippen LogP contribution is -2.03. The van der Waals surface area contributed by atoms with E-state index in [1.165, 1.54) is 7.11 Å². The molecule has 2 rings (SSSR count). The number of pyridine rings is 1. The Bertz CT molecular complexity index is 559. The normalized spacial score (nSPS) is 10.1. The first-order valence-electron chi connectivity index (χ1n) is 4.54. The summed E-state index contributed by atoms with van der Waals surface area (Å²) in [5.74, 6) is -0.479. The molecule has 6 heteroatoms. The molecule has 0 saturated heterocycles. The molecule has 2 heterocycles. The predicted molar refractivity (Wildman–Crippen MR) is 60.5 cm³/mol. The Hall–Kier alpha value is -1.95. The van der Waals surface area contributed by atoms with Gasteiger partial charge in [-0.1, -0.05) is 6.07 Å². The van der Waals surface area contributed by atoms with Gasteiger partial charge in [0.2, 0.25) is 0 Å². The summed E-state index contributed by atoms with van der Waals surface area (Å²) in [6.07, 6.45) is 1.64. The van der Waals surface area contributed by atoms with Crippen molar-refractivity contribution in [3.63, 3.8) is 0 Å². The maximum atomic E-state index is 11.5. The first-order chi connectivity index (χ1) is 7.72. The molecule has 0 aliphatic carbocycles. The molecule has 0 atom stereocenters. The number of hydrogen-bond acceptors (Lipinski definition) is 4. The van der Waals surface area contributed by atoms with Crippen LogP contribution in [0.4, 0.5) is 0 Å². The molecule has 0 fully saturated rings. The fraction of sp³-hybridized carbons (Fsp3) is 0.100. The summed E-state index contributed by atoms with van der Waals surface area (Å²) in [6, 6.07) is 5.40. The van der Waals surface area contributed by atoms with Gasteiger partial charge in [0.15, 0.2) is 10.5 Å². The van der Waals surface area contributed by atoms with Gasteiger partial charge in [-0.2, -0.15) is 0 Å². The third-order valence-corrected chi connectivity index (χ3v) is 2.24. The Morgan fingerprint density at radius 1 is 1.44 bits per heavy atom. The number of nitrogens with one attached hydrogen (secondary N) is 2. The van der Waals surface area contributed by atoms with Gasteiger partial charge in [0.25, 0.3) is 0 Å². The number of nitrogens with zero attached hydrogens (tertiary/aromatic N) is 1. The number of aromatic amines is 2. The van der Waals surface area contributed by atoms with Crippen LogP contribution in [0.25, 0.3) is 11.4 Å². The van der Waals surface area contributed by atoms with Crippen molar-refractivity contribution in [2.45, 2.75) is 0 Å². The highest BCUT2D eigenvalue weighted by molar-refractivity contribution is 7.71. The van der Waals surface area contributed by atoms with Crippen LogP contribution in [0.1, 0.15) is 10.5 Å². The molecule has 2 N–H and O–H groups in total. The summed E-state index contributed by atoms with van der Waals surface area (Å²) >= 11 is 4.94. The lowest BCUT2D eigenvalue weighted by molar-refractivity contribution is 0.0595. The number of ether oxygens (including phenoxy) is 1. The van der Waals surface area contributed by atoms with Crippen molar-refractivity contribution in [2.24, 2.45) is 0 Å². The van der Waals surface area contributed by atoms with E-state index >= 15 is 0 Å². The zero-order valence-corrected chi connectivity index (χ0v) is 9.30. The monoisotopic (exact) mass is 235 g/mol. The second kappa shape index (κ2) is 4.28. The molecule has 0 unspecified atom stereocenters. The molecular formula is C10H9N3O2S. The number of carbonyl (C=O) groups is 1. The number of methoxy groups -OCH3 is 1. The molecular weight excluding hydrogens is 226 g/mol. The van der Waals surface area contributed by atoms with E-state index in [1.54, 1.807) is 18.3 Å². The smallest absolute Gasteiger partial charge is 0.356 e. The van der Waals surface area contributed by atoms with E-state index in [9.17, 15) is 4.79 Å². The number of hydrogen-bond donors (Lipinski definition) is 2. The Balaban J connectivity index is 2.57. The van der Waals surface area contributed by atoms with Crippen molar-refractivity contribution < 1.29 is 9.53 Å². The van der Waals surface area contributed by atoms with Crippen molar-refractivity contribution in [2.75, 3.05) is 7.11 Å². The molecule has 2 aromatic rings. The van der Waals surface area contributed by atoms with E-state index in [-0.39, 0.29) is 5.69 Å². The molecule has 16 heavy (non-hydrogen) atoms. The van der Waals surface area contributed by atoms with Gasteiger partial charge in [0, 0.05) is 6.20 Å². The second-order valence-electron chi connectivity index (χ2n) is 3.04. The summed E-state index contributed by atoms with van der Waals surface area (Å²) in [6.45, 7) is 0. The third-order valence-electron chi connectivity index (χ3n) is 2.04. The Kier molecular flexibility index (Phi) is 2.82. The molecule has 0 aliphatic rings. The van der Waals surface area contributed by atoms with Gasteiger partial charge in [-0.05, 0) is 24.4 Å². The quantitative estimate of drug-likeness (QED) is 0.616. The topological polar surface area (TPSA) is 70.8 Å². The van der Waals surface area contributed by atoms with Crippen LogP contribution in [-0.4, -0.2) is 28.0 Å². The molecule has 0 radical (unpaired) electrons. The van der Waals surface area contributed by atoms with E-state index in [4.69, 9.17) is 12.2 Å². The SMILES string of the molecule is COC(=O)c1[nH]c(=S)[nH]c1-c1ccccn1. The number of aromatic nitrogens is 3. The summed E-state index contributed by atoms with van der Waals surface area (Å²) in [5.41, 5.74) is 1.46. The van der Waals surface area contributed by atoms with E-state index in [1.807, 2.05) is 6.07 Å². The molecule has 82 valence electrons. The van der Waals surface area contributed by atoms with Crippen LogP contribution >= 0.6 is 12.2 Å². The fourth-order valence-corrected chi connectivity index (χ4v) is 1.55. The van der Waals surface area contributed by atoms with Gasteiger partial charge in [-0.3, -0.25) is 4.98 Å². The summed E-state index contributed by atoms with van der Waals surface area (Å²) < 4.78 is 5.01. The minimum atomic E-state index is -0.479. The van der Waals surface area contributed by atoms with E-state index in [2.05, 4.69) is 19.7 Å². The molecule has 5 nitrogen and oxygen atoms in total. The number of imidazole rings is 1. The van der Waals surface area contributed by atoms with Crippen molar-refractivity contribution >= 4 is 18.2 Å². The van der Waals surface area contributed by atoms with E-state index in [0.29, 0.717) is 16.2 Å². The molecule has 0 bridgehead atoms. The van der Waals surface area contributed by atoms with Gasteiger partial charge in [-0.15, -0.1) is 0 Å². The highest BCUT2D eigenvalue weighted by atomic mass is 32.1. The van der Waals surface area contributed by atoms with Crippen molar-refractivity contribution in [3.8, 4) is 11.4 Å². The number of esters is 1. The molecule has 0 aromatic carbocycles. The van der Waals surface area contributed by atoms with Crippen LogP contribution in [0.15, 0.2) is 24.4 Å². The fourth-order valence-electron chi connectivity index (χ4n) is 1.34. The van der Waals surface area contributed by atoms with Gasteiger partial charge in [-0.25, -0.2) is 4.79 Å². The first kappa shape index (κ1) is 10.6. The summed E-state index contributed by atoms with van der Waals surface area (Å²) in [4.78, 5) is 21.2. The number of rotatable bonds is 2. The minimum Gasteiger partial charge on any atom is -0.464 e. The maximum absolute atomic E-state index is 11.5. The van der Waals surface area contributed by atoms with Crippen molar-refractivity contribution in [3.05, 3.63) is 34.9 Å². The van der Waals surface area contributed by atoms with Crippen molar-refractivity contribution in [1.29, 1.82) is 0 Å². The third kappa shape index (κ3) is 1.87. The van der Waals surface area contributed by atoms with Gasteiger partial charge in [0.1, 0.15) is 0 Å². The van der Waals surface area contributed by atoms with Gasteiger partial charge >= 0.3 is 5.97 Å². The second-order valence-corrected chi connectivity index (χ2v) is 3.44. The zero-order chi connectivity index (χ0) is 11.5. The number of H-pyrrole nitrogens is 2. The predicted octanol–water partition coefficient (Wildman–Crippen LogP) is 1.92. The van der Waals surface area contributed by atoms with Gasteiger partial charge in [0.05, 0.1) is 18.5 Å². The largest absolute Gasteiger partial charge is 0.464 e. The number of carbonyl (C=O) groups excluding carboxylic acids is 1. The molecule has 0 amide bonds. The average molecular weight is 235 g/mol. The van der Waals surface area contributed by atoms with Crippen LogP contribution < -0.4 is 0 Å². The highest BCUT2D eigenvalue weighted by Crippen LogP contribution is 2.18. The Morgan fingerprint density at radius 3 is 2.88 bits per heavy atom. The van der Waals surface area contributed by atoms with Gasteiger partial charge < -0.3 is 14.7 Å².